The minimum Gasteiger partial charge on any atom is -0.310 e. The molecule has 0 amide bonds. The lowest BCUT2D eigenvalue weighted by atomic mass is 10.1. The van der Waals surface area contributed by atoms with Crippen LogP contribution in [-0.2, 0) is 9.84 Å². The van der Waals surface area contributed by atoms with Crippen molar-refractivity contribution in [3.05, 3.63) is 22.4 Å². The summed E-state index contributed by atoms with van der Waals surface area (Å²) in [5.74, 6) is 0.540. The largest absolute Gasteiger partial charge is 0.310 e. The van der Waals surface area contributed by atoms with Gasteiger partial charge in [-0.05, 0) is 36.9 Å². The Bertz CT molecular complexity index is 614. The molecule has 1 unspecified atom stereocenters. The minimum absolute atomic E-state index is 0.244. The van der Waals surface area contributed by atoms with Crippen molar-refractivity contribution in [3.8, 4) is 0 Å². The topological polar surface area (TPSA) is 46.2 Å². The Balaban J connectivity index is 2.01. The summed E-state index contributed by atoms with van der Waals surface area (Å²) in [7, 11) is -2.85. The molecule has 1 atom stereocenters. The highest BCUT2D eigenvalue weighted by molar-refractivity contribution is 7.91. The molecule has 6 heteroatoms. The second kappa shape index (κ2) is 7.02. The molecule has 0 aliphatic heterocycles. The Kier molecular flexibility index (Phi) is 5.60. The van der Waals surface area contributed by atoms with Gasteiger partial charge in [0.2, 0.25) is 0 Å². The maximum Gasteiger partial charge on any atom is 0.150 e. The first-order valence-corrected chi connectivity index (χ1v) is 10.5. The standard InChI is InChI=1S/C14H21NO2S3/c1-3-15-11(6-5-9-20(16,17)4-2)13-10-14-12(19-13)7-8-18-14/h7-8,10-11,15H,3-6,9H2,1-2H3. The molecule has 3 nitrogen and oxygen atoms in total. The molecule has 0 radical (unpaired) electrons. The van der Waals surface area contributed by atoms with E-state index in [-0.39, 0.29) is 11.8 Å². The van der Waals surface area contributed by atoms with E-state index in [1.807, 2.05) is 11.3 Å². The smallest absolute Gasteiger partial charge is 0.150 e. The fourth-order valence-electron chi connectivity index (χ4n) is 2.20. The Morgan fingerprint density at radius 1 is 1.30 bits per heavy atom. The zero-order valence-electron chi connectivity index (χ0n) is 11.9. The first-order chi connectivity index (χ1) is 9.55. The molecule has 20 heavy (non-hydrogen) atoms. The van der Waals surface area contributed by atoms with Gasteiger partial charge in [0.25, 0.3) is 0 Å². The van der Waals surface area contributed by atoms with Crippen molar-refractivity contribution in [1.82, 2.24) is 5.32 Å². The van der Waals surface area contributed by atoms with Gasteiger partial charge in [0.05, 0.1) is 5.75 Å². The van der Waals surface area contributed by atoms with E-state index in [0.717, 1.165) is 19.4 Å². The average Bonchev–Trinajstić information content (AvgIpc) is 2.98. The highest BCUT2D eigenvalue weighted by Gasteiger charge is 2.16. The van der Waals surface area contributed by atoms with Crippen molar-refractivity contribution in [2.24, 2.45) is 0 Å². The van der Waals surface area contributed by atoms with E-state index in [1.165, 1.54) is 14.3 Å². The van der Waals surface area contributed by atoms with Gasteiger partial charge in [0.15, 0.2) is 0 Å². The summed E-state index contributed by atoms with van der Waals surface area (Å²) in [5, 5.41) is 5.59. The molecular formula is C14H21NO2S3. The molecular weight excluding hydrogens is 310 g/mol. The zero-order valence-corrected chi connectivity index (χ0v) is 14.3. The first-order valence-electron chi connectivity index (χ1n) is 6.96. The molecule has 0 aliphatic rings. The maximum absolute atomic E-state index is 11.6. The molecule has 2 aromatic heterocycles. The monoisotopic (exact) mass is 331 g/mol. The van der Waals surface area contributed by atoms with Crippen LogP contribution in [0.4, 0.5) is 0 Å². The molecule has 2 rings (SSSR count). The van der Waals surface area contributed by atoms with E-state index < -0.39 is 9.84 Å². The summed E-state index contributed by atoms with van der Waals surface area (Å²) >= 11 is 3.58. The van der Waals surface area contributed by atoms with E-state index in [1.54, 1.807) is 18.3 Å². The van der Waals surface area contributed by atoms with Crippen molar-refractivity contribution in [2.45, 2.75) is 32.7 Å². The fraction of sp³-hybridized carbons (Fsp3) is 0.571. The number of thiophene rings is 2. The molecule has 2 heterocycles. The van der Waals surface area contributed by atoms with E-state index in [9.17, 15) is 8.42 Å². The predicted molar refractivity (Wildman–Crippen MR) is 89.7 cm³/mol. The molecule has 0 saturated heterocycles. The summed E-state index contributed by atoms with van der Waals surface area (Å²) < 4.78 is 25.8. The van der Waals surface area contributed by atoms with Crippen molar-refractivity contribution in [1.29, 1.82) is 0 Å². The van der Waals surface area contributed by atoms with Crippen LogP contribution in [0.2, 0.25) is 0 Å². The van der Waals surface area contributed by atoms with Crippen LogP contribution in [0.5, 0.6) is 0 Å². The summed E-state index contributed by atoms with van der Waals surface area (Å²) in [6, 6.07) is 4.67. The van der Waals surface area contributed by atoms with E-state index in [0.29, 0.717) is 5.75 Å². The van der Waals surface area contributed by atoms with Gasteiger partial charge in [-0.1, -0.05) is 13.8 Å². The Labute approximate surface area is 128 Å². The third-order valence-electron chi connectivity index (χ3n) is 3.34. The van der Waals surface area contributed by atoms with Gasteiger partial charge < -0.3 is 5.32 Å². The van der Waals surface area contributed by atoms with Crippen LogP contribution in [0.1, 0.15) is 37.6 Å². The summed E-state index contributed by atoms with van der Waals surface area (Å²) in [4.78, 5) is 1.32. The van der Waals surface area contributed by atoms with E-state index in [4.69, 9.17) is 0 Å². The van der Waals surface area contributed by atoms with Gasteiger partial charge in [-0.2, -0.15) is 0 Å². The van der Waals surface area contributed by atoms with Crippen molar-refractivity contribution in [2.75, 3.05) is 18.1 Å². The molecule has 2 aromatic rings. The zero-order chi connectivity index (χ0) is 14.6. The third kappa shape index (κ3) is 4.04. The third-order valence-corrected chi connectivity index (χ3v) is 7.34. The molecule has 0 saturated carbocycles. The van der Waals surface area contributed by atoms with Gasteiger partial charge in [-0.25, -0.2) is 8.42 Å². The van der Waals surface area contributed by atoms with Crippen molar-refractivity contribution >= 4 is 41.9 Å². The van der Waals surface area contributed by atoms with Gasteiger partial charge in [0, 0.05) is 26.1 Å². The number of rotatable bonds is 8. The highest BCUT2D eigenvalue weighted by atomic mass is 32.2. The van der Waals surface area contributed by atoms with Crippen LogP contribution in [0, 0.1) is 0 Å². The van der Waals surface area contributed by atoms with Crippen LogP contribution < -0.4 is 5.32 Å². The predicted octanol–water partition coefficient (Wildman–Crippen LogP) is 3.83. The molecule has 0 fully saturated rings. The lowest BCUT2D eigenvalue weighted by Crippen LogP contribution is -2.21. The number of nitrogens with one attached hydrogen (secondary N) is 1. The number of sulfone groups is 1. The second-order valence-corrected chi connectivity index (χ2v) is 9.32. The Morgan fingerprint density at radius 3 is 2.75 bits per heavy atom. The summed E-state index contributed by atoms with van der Waals surface area (Å²) in [6.45, 7) is 4.70. The van der Waals surface area contributed by atoms with Crippen LogP contribution in [0.25, 0.3) is 9.40 Å². The molecule has 0 bridgehead atoms. The lowest BCUT2D eigenvalue weighted by molar-refractivity contribution is 0.513. The number of hydrogen-bond donors (Lipinski definition) is 1. The molecule has 0 aliphatic carbocycles. The Hall–Kier alpha value is -0.430. The van der Waals surface area contributed by atoms with E-state index >= 15 is 0 Å². The van der Waals surface area contributed by atoms with Gasteiger partial charge >= 0.3 is 0 Å². The number of hydrogen-bond acceptors (Lipinski definition) is 5. The van der Waals surface area contributed by atoms with Crippen LogP contribution in [0.3, 0.4) is 0 Å². The van der Waals surface area contributed by atoms with Crippen molar-refractivity contribution in [3.63, 3.8) is 0 Å². The quantitative estimate of drug-likeness (QED) is 0.799. The number of fused-ring (bicyclic) bond motifs is 1. The normalized spacial score (nSPS) is 13.9. The first kappa shape index (κ1) is 15.9. The SMILES string of the molecule is CCNC(CCCS(=O)(=O)CC)c1cc2sccc2s1. The summed E-state index contributed by atoms with van der Waals surface area (Å²) in [6.07, 6.45) is 1.60. The van der Waals surface area contributed by atoms with Crippen LogP contribution >= 0.6 is 22.7 Å². The Morgan fingerprint density at radius 2 is 2.10 bits per heavy atom. The molecule has 0 aromatic carbocycles. The lowest BCUT2D eigenvalue weighted by Gasteiger charge is -2.16. The minimum atomic E-state index is -2.85. The molecule has 0 spiro atoms. The molecule has 112 valence electrons. The second-order valence-electron chi connectivity index (χ2n) is 4.79. The van der Waals surface area contributed by atoms with Crippen LogP contribution in [-0.4, -0.2) is 26.5 Å². The van der Waals surface area contributed by atoms with Crippen molar-refractivity contribution < 1.29 is 8.42 Å². The van der Waals surface area contributed by atoms with Gasteiger partial charge in [-0.15, -0.1) is 22.7 Å². The van der Waals surface area contributed by atoms with Crippen LogP contribution in [0.15, 0.2) is 17.5 Å². The van der Waals surface area contributed by atoms with Gasteiger partial charge in [0.1, 0.15) is 9.84 Å². The summed E-state index contributed by atoms with van der Waals surface area (Å²) in [5.41, 5.74) is 0. The van der Waals surface area contributed by atoms with E-state index in [2.05, 4.69) is 29.8 Å². The molecule has 1 N–H and O–H groups in total. The average molecular weight is 332 g/mol. The van der Waals surface area contributed by atoms with Gasteiger partial charge in [-0.3, -0.25) is 0 Å². The fourth-order valence-corrected chi connectivity index (χ4v) is 5.32. The highest BCUT2D eigenvalue weighted by Crippen LogP contribution is 2.34. The maximum atomic E-state index is 11.6.